The SMILES string of the molecule is Cc1cc(C(=O)Nc2ccnnc2)nn1C(C)C1CC1. The molecule has 1 unspecified atom stereocenters. The first kappa shape index (κ1) is 12.8. The molecule has 1 fully saturated rings. The molecule has 0 aromatic carbocycles. The molecular formula is C14H17N5O. The zero-order chi connectivity index (χ0) is 14.1. The van der Waals surface area contributed by atoms with Gasteiger partial charge in [-0.25, -0.2) is 0 Å². The van der Waals surface area contributed by atoms with Gasteiger partial charge < -0.3 is 5.32 Å². The van der Waals surface area contributed by atoms with E-state index in [-0.39, 0.29) is 5.91 Å². The summed E-state index contributed by atoms with van der Waals surface area (Å²) in [5.41, 5.74) is 2.07. The van der Waals surface area contributed by atoms with E-state index in [4.69, 9.17) is 0 Å². The molecule has 0 radical (unpaired) electrons. The second kappa shape index (κ2) is 5.03. The zero-order valence-electron chi connectivity index (χ0n) is 11.6. The number of rotatable bonds is 4. The van der Waals surface area contributed by atoms with Crippen molar-refractivity contribution in [3.05, 3.63) is 35.9 Å². The Morgan fingerprint density at radius 3 is 2.90 bits per heavy atom. The first-order valence-corrected chi connectivity index (χ1v) is 6.79. The van der Waals surface area contributed by atoms with Crippen LogP contribution >= 0.6 is 0 Å². The molecule has 6 nitrogen and oxygen atoms in total. The Morgan fingerprint density at radius 1 is 1.45 bits per heavy atom. The number of anilines is 1. The molecule has 3 rings (SSSR count). The third-order valence-corrected chi connectivity index (χ3v) is 3.69. The standard InChI is InChI=1S/C14H17N5O/c1-9-7-13(18-19(9)10(2)11-3-4-11)14(20)17-12-5-6-15-16-8-12/h5-8,10-11H,3-4H2,1-2H3,(H,15,17,20). The maximum atomic E-state index is 12.2. The van der Waals surface area contributed by atoms with Crippen molar-refractivity contribution in [2.24, 2.45) is 5.92 Å². The molecule has 2 aromatic heterocycles. The number of aryl methyl sites for hydroxylation is 1. The quantitative estimate of drug-likeness (QED) is 0.925. The molecule has 0 bridgehead atoms. The average molecular weight is 271 g/mol. The van der Waals surface area contributed by atoms with Gasteiger partial charge >= 0.3 is 0 Å². The van der Waals surface area contributed by atoms with Gasteiger partial charge in [0.15, 0.2) is 5.69 Å². The molecule has 0 aliphatic heterocycles. The highest BCUT2D eigenvalue weighted by atomic mass is 16.2. The van der Waals surface area contributed by atoms with Gasteiger partial charge in [-0.15, -0.1) is 0 Å². The van der Waals surface area contributed by atoms with Crippen LogP contribution in [-0.2, 0) is 0 Å². The summed E-state index contributed by atoms with van der Waals surface area (Å²) in [5, 5.41) is 14.6. The number of nitrogens with zero attached hydrogens (tertiary/aromatic N) is 4. The number of amides is 1. The molecule has 1 atom stereocenters. The van der Waals surface area contributed by atoms with E-state index in [0.717, 1.165) is 5.69 Å². The van der Waals surface area contributed by atoms with Gasteiger partial charge in [-0.05, 0) is 44.7 Å². The van der Waals surface area contributed by atoms with Crippen molar-refractivity contribution in [2.75, 3.05) is 5.32 Å². The fourth-order valence-corrected chi connectivity index (χ4v) is 2.35. The number of carbonyl (C=O) groups excluding carboxylic acids is 1. The molecule has 1 aliphatic carbocycles. The highest BCUT2D eigenvalue weighted by Gasteiger charge is 2.30. The predicted octanol–water partition coefficient (Wildman–Crippen LogP) is 2.20. The molecule has 6 heteroatoms. The molecule has 1 aliphatic rings. The minimum Gasteiger partial charge on any atom is -0.319 e. The lowest BCUT2D eigenvalue weighted by molar-refractivity contribution is 0.102. The van der Waals surface area contributed by atoms with Gasteiger partial charge in [-0.2, -0.15) is 15.3 Å². The smallest absolute Gasteiger partial charge is 0.276 e. The van der Waals surface area contributed by atoms with Crippen LogP contribution in [0, 0.1) is 12.8 Å². The van der Waals surface area contributed by atoms with Crippen molar-refractivity contribution >= 4 is 11.6 Å². The Bertz CT molecular complexity index is 618. The van der Waals surface area contributed by atoms with Crippen LogP contribution in [0.4, 0.5) is 5.69 Å². The van der Waals surface area contributed by atoms with E-state index in [9.17, 15) is 4.79 Å². The van der Waals surface area contributed by atoms with Crippen LogP contribution < -0.4 is 5.32 Å². The number of aromatic nitrogens is 4. The van der Waals surface area contributed by atoms with Gasteiger partial charge in [-0.1, -0.05) is 0 Å². The predicted molar refractivity (Wildman–Crippen MR) is 74.4 cm³/mol. The number of hydrogen-bond acceptors (Lipinski definition) is 4. The lowest BCUT2D eigenvalue weighted by atomic mass is 10.2. The molecule has 1 saturated carbocycles. The van der Waals surface area contributed by atoms with Crippen LogP contribution in [0.3, 0.4) is 0 Å². The molecule has 0 saturated heterocycles. The summed E-state index contributed by atoms with van der Waals surface area (Å²) >= 11 is 0. The van der Waals surface area contributed by atoms with Crippen molar-refractivity contribution in [3.8, 4) is 0 Å². The minimum atomic E-state index is -0.220. The van der Waals surface area contributed by atoms with Gasteiger partial charge in [0.1, 0.15) is 0 Å². The van der Waals surface area contributed by atoms with Crippen molar-refractivity contribution in [3.63, 3.8) is 0 Å². The summed E-state index contributed by atoms with van der Waals surface area (Å²) < 4.78 is 1.96. The monoisotopic (exact) mass is 271 g/mol. The van der Waals surface area contributed by atoms with E-state index >= 15 is 0 Å². The Morgan fingerprint density at radius 2 is 2.25 bits per heavy atom. The van der Waals surface area contributed by atoms with Crippen LogP contribution in [0.2, 0.25) is 0 Å². The van der Waals surface area contributed by atoms with E-state index in [2.05, 4.69) is 27.5 Å². The molecular weight excluding hydrogens is 254 g/mol. The highest BCUT2D eigenvalue weighted by molar-refractivity contribution is 6.02. The molecule has 0 spiro atoms. The topological polar surface area (TPSA) is 72.7 Å². The van der Waals surface area contributed by atoms with E-state index in [1.165, 1.54) is 25.2 Å². The fourth-order valence-electron chi connectivity index (χ4n) is 2.35. The van der Waals surface area contributed by atoms with E-state index in [0.29, 0.717) is 23.3 Å². The Hall–Kier alpha value is -2.24. The summed E-state index contributed by atoms with van der Waals surface area (Å²) in [4.78, 5) is 12.2. The average Bonchev–Trinajstić information content (AvgIpc) is 3.22. The van der Waals surface area contributed by atoms with Gasteiger partial charge in [0.05, 0.1) is 24.1 Å². The lowest BCUT2D eigenvalue weighted by Gasteiger charge is -2.12. The summed E-state index contributed by atoms with van der Waals surface area (Å²) in [6, 6.07) is 3.88. The second-order valence-corrected chi connectivity index (χ2v) is 5.28. The highest BCUT2D eigenvalue weighted by Crippen LogP contribution is 2.39. The van der Waals surface area contributed by atoms with Gasteiger partial charge in [0.2, 0.25) is 0 Å². The maximum Gasteiger partial charge on any atom is 0.276 e. The Balaban J connectivity index is 1.76. The summed E-state index contributed by atoms with van der Waals surface area (Å²) in [6.45, 7) is 4.14. The summed E-state index contributed by atoms with van der Waals surface area (Å²) in [5.74, 6) is 0.483. The number of nitrogens with one attached hydrogen (secondary N) is 1. The van der Waals surface area contributed by atoms with Crippen molar-refractivity contribution in [1.82, 2.24) is 20.0 Å². The molecule has 104 valence electrons. The summed E-state index contributed by atoms with van der Waals surface area (Å²) in [7, 11) is 0. The molecule has 20 heavy (non-hydrogen) atoms. The largest absolute Gasteiger partial charge is 0.319 e. The first-order chi connectivity index (χ1) is 9.65. The molecule has 2 aromatic rings. The number of carbonyl (C=O) groups is 1. The van der Waals surface area contributed by atoms with Gasteiger partial charge in [0, 0.05) is 5.69 Å². The van der Waals surface area contributed by atoms with E-state index < -0.39 is 0 Å². The van der Waals surface area contributed by atoms with Crippen molar-refractivity contribution < 1.29 is 4.79 Å². The molecule has 2 heterocycles. The lowest BCUT2D eigenvalue weighted by Crippen LogP contribution is -2.15. The van der Waals surface area contributed by atoms with Crippen LogP contribution in [-0.4, -0.2) is 25.9 Å². The normalized spacial score (nSPS) is 15.9. The van der Waals surface area contributed by atoms with Crippen molar-refractivity contribution in [1.29, 1.82) is 0 Å². The number of hydrogen-bond donors (Lipinski definition) is 1. The summed E-state index contributed by atoms with van der Waals surface area (Å²) in [6.07, 6.45) is 5.55. The molecule has 1 N–H and O–H groups in total. The minimum absolute atomic E-state index is 0.220. The second-order valence-electron chi connectivity index (χ2n) is 5.28. The van der Waals surface area contributed by atoms with Crippen LogP contribution in [0.1, 0.15) is 42.0 Å². The molecule has 1 amide bonds. The first-order valence-electron chi connectivity index (χ1n) is 6.79. The van der Waals surface area contributed by atoms with Gasteiger partial charge in [-0.3, -0.25) is 9.48 Å². The Labute approximate surface area is 117 Å². The third kappa shape index (κ3) is 2.54. The van der Waals surface area contributed by atoms with E-state index in [1.54, 1.807) is 6.07 Å². The zero-order valence-corrected chi connectivity index (χ0v) is 11.6. The van der Waals surface area contributed by atoms with Crippen LogP contribution in [0.5, 0.6) is 0 Å². The van der Waals surface area contributed by atoms with E-state index in [1.807, 2.05) is 17.7 Å². The van der Waals surface area contributed by atoms with Crippen LogP contribution in [0.15, 0.2) is 24.5 Å². The van der Waals surface area contributed by atoms with Crippen LogP contribution in [0.25, 0.3) is 0 Å². The maximum absolute atomic E-state index is 12.2. The van der Waals surface area contributed by atoms with Crippen molar-refractivity contribution in [2.45, 2.75) is 32.7 Å². The fraction of sp³-hybridized carbons (Fsp3) is 0.429. The third-order valence-electron chi connectivity index (χ3n) is 3.69. The Kier molecular flexibility index (Phi) is 3.22. The van der Waals surface area contributed by atoms with Gasteiger partial charge in [0.25, 0.3) is 5.91 Å².